The Morgan fingerprint density at radius 2 is 0.979 bits per heavy atom. The Labute approximate surface area is 295 Å². The second-order valence-electron chi connectivity index (χ2n) is 11.5. The van der Waals surface area contributed by atoms with Gasteiger partial charge in [0, 0.05) is 37.2 Å². The molecule has 1 nitrogen and oxygen atoms in total. The van der Waals surface area contributed by atoms with Gasteiger partial charge in [0.2, 0.25) is 0 Å². The Morgan fingerprint density at radius 1 is 0.396 bits per heavy atom. The van der Waals surface area contributed by atoms with Gasteiger partial charge in [0.1, 0.15) is 0 Å². The number of thiophene rings is 1. The van der Waals surface area contributed by atoms with Crippen LogP contribution in [0, 0.1) is 0 Å². The van der Waals surface area contributed by atoms with Crippen LogP contribution in [0.25, 0.3) is 64.3 Å². The van der Waals surface area contributed by atoms with Crippen molar-refractivity contribution in [2.75, 3.05) is 4.90 Å². The standard InChI is InChI=1S/C46H31NS/c1-2-11-32(12-3-1)33-23-27-37(28-24-33)47(38-29-25-35(26-30-38)41-19-9-14-34-13-4-5-17-40(34)41)39-16-8-15-36(31-39)42-20-10-22-45-46(42)43-18-6-7-21-44(43)48-45/h1-31H/i23D,24D,25D,26D,27D,28D,29D,30D. The van der Waals surface area contributed by atoms with E-state index in [0.29, 0.717) is 16.8 Å². The average molecular weight is 638 g/mol. The first-order valence-electron chi connectivity index (χ1n) is 19.7. The van der Waals surface area contributed by atoms with Gasteiger partial charge in [-0.15, -0.1) is 11.3 Å². The zero-order valence-electron chi connectivity index (χ0n) is 33.6. The monoisotopic (exact) mass is 637 g/mol. The maximum absolute atomic E-state index is 9.53. The lowest BCUT2D eigenvalue weighted by molar-refractivity contribution is 1.28. The number of hydrogen-bond donors (Lipinski definition) is 0. The van der Waals surface area contributed by atoms with Crippen LogP contribution >= 0.6 is 11.3 Å². The Balaban J connectivity index is 1.33. The summed E-state index contributed by atoms with van der Waals surface area (Å²) in [6, 6.07) is 40.9. The van der Waals surface area contributed by atoms with Crippen LogP contribution in [0.5, 0.6) is 0 Å². The smallest absolute Gasteiger partial charge is 0.0645 e. The van der Waals surface area contributed by atoms with Crippen molar-refractivity contribution in [3.8, 4) is 33.4 Å². The highest BCUT2D eigenvalue weighted by Crippen LogP contribution is 2.43. The van der Waals surface area contributed by atoms with Gasteiger partial charge < -0.3 is 4.90 Å². The molecule has 9 aromatic rings. The van der Waals surface area contributed by atoms with Crippen molar-refractivity contribution in [1.82, 2.24) is 0 Å². The van der Waals surface area contributed by atoms with Crippen molar-refractivity contribution >= 4 is 59.3 Å². The van der Waals surface area contributed by atoms with E-state index in [1.54, 1.807) is 47.7 Å². The Morgan fingerprint density at radius 3 is 1.79 bits per heavy atom. The van der Waals surface area contributed by atoms with E-state index in [0.717, 1.165) is 42.1 Å². The minimum Gasteiger partial charge on any atom is -0.310 e. The highest BCUT2D eigenvalue weighted by molar-refractivity contribution is 7.25. The van der Waals surface area contributed by atoms with Crippen LogP contribution in [0.15, 0.2) is 188 Å². The molecular weight excluding hydrogens is 599 g/mol. The van der Waals surface area contributed by atoms with Crippen LogP contribution in [0.4, 0.5) is 17.1 Å². The van der Waals surface area contributed by atoms with Crippen LogP contribution in [0.1, 0.15) is 11.0 Å². The Bertz CT molecular complexity index is 2970. The molecule has 8 aromatic carbocycles. The average Bonchev–Trinajstić information content (AvgIpc) is 3.61. The first-order valence-corrected chi connectivity index (χ1v) is 16.5. The normalized spacial score (nSPS) is 13.7. The van der Waals surface area contributed by atoms with Crippen molar-refractivity contribution in [2.45, 2.75) is 0 Å². The molecule has 0 unspecified atom stereocenters. The molecule has 1 aromatic heterocycles. The molecule has 0 radical (unpaired) electrons. The number of nitrogens with zero attached hydrogens (tertiary/aromatic N) is 1. The van der Waals surface area contributed by atoms with Gasteiger partial charge in [-0.05, 0) is 92.6 Å². The molecule has 2 heteroatoms. The number of hydrogen-bond acceptors (Lipinski definition) is 2. The van der Waals surface area contributed by atoms with E-state index in [-0.39, 0.29) is 70.8 Å². The largest absolute Gasteiger partial charge is 0.310 e. The number of rotatable bonds is 6. The van der Waals surface area contributed by atoms with Crippen molar-refractivity contribution in [1.29, 1.82) is 0 Å². The molecule has 0 spiro atoms. The van der Waals surface area contributed by atoms with E-state index in [4.69, 9.17) is 0 Å². The summed E-state index contributed by atoms with van der Waals surface area (Å²) in [4.78, 5) is 1.37. The zero-order chi connectivity index (χ0) is 38.8. The molecule has 0 N–H and O–H groups in total. The molecule has 0 bridgehead atoms. The van der Waals surface area contributed by atoms with Crippen LogP contribution < -0.4 is 4.90 Å². The molecule has 0 atom stereocenters. The maximum atomic E-state index is 9.53. The van der Waals surface area contributed by atoms with Crippen LogP contribution in [0.2, 0.25) is 0 Å². The van der Waals surface area contributed by atoms with Gasteiger partial charge in [0.05, 0.1) is 11.0 Å². The predicted molar refractivity (Wildman–Crippen MR) is 208 cm³/mol. The Hall–Kier alpha value is -5.96. The second-order valence-corrected chi connectivity index (χ2v) is 12.6. The molecule has 0 aliphatic carbocycles. The third kappa shape index (κ3) is 5.04. The highest BCUT2D eigenvalue weighted by Gasteiger charge is 2.16. The molecule has 226 valence electrons. The van der Waals surface area contributed by atoms with Gasteiger partial charge in [-0.25, -0.2) is 0 Å². The van der Waals surface area contributed by atoms with Crippen molar-refractivity contribution in [3.05, 3.63) is 188 Å². The lowest BCUT2D eigenvalue weighted by Crippen LogP contribution is -2.10. The first-order chi connectivity index (χ1) is 27.2. The molecule has 9 rings (SSSR count). The predicted octanol–water partition coefficient (Wildman–Crippen LogP) is 13.7. The molecule has 0 fully saturated rings. The number of anilines is 3. The van der Waals surface area contributed by atoms with Gasteiger partial charge >= 0.3 is 0 Å². The van der Waals surface area contributed by atoms with Crippen LogP contribution in [0.3, 0.4) is 0 Å². The molecule has 0 saturated carbocycles. The third-order valence-corrected chi connectivity index (χ3v) is 9.75. The molecule has 0 amide bonds. The lowest BCUT2D eigenvalue weighted by atomic mass is 9.97. The summed E-state index contributed by atoms with van der Waals surface area (Å²) in [6.07, 6.45) is 0. The highest BCUT2D eigenvalue weighted by atomic mass is 32.1. The van der Waals surface area contributed by atoms with Gasteiger partial charge in [0.25, 0.3) is 0 Å². The molecule has 0 aliphatic rings. The quantitative estimate of drug-likeness (QED) is 0.175. The zero-order valence-corrected chi connectivity index (χ0v) is 26.5. The topological polar surface area (TPSA) is 3.24 Å². The van der Waals surface area contributed by atoms with Crippen molar-refractivity contribution in [2.24, 2.45) is 0 Å². The summed E-state index contributed by atoms with van der Waals surface area (Å²) in [5.74, 6) is 0. The molecular formula is C46H31NS. The van der Waals surface area contributed by atoms with Gasteiger partial charge in [0.15, 0.2) is 0 Å². The second kappa shape index (κ2) is 12.0. The maximum Gasteiger partial charge on any atom is 0.0645 e. The molecule has 0 aliphatic heterocycles. The van der Waals surface area contributed by atoms with Crippen LogP contribution in [-0.2, 0) is 0 Å². The van der Waals surface area contributed by atoms with E-state index in [1.165, 1.54) is 4.90 Å². The summed E-state index contributed by atoms with van der Waals surface area (Å²) < 4.78 is 77.3. The van der Waals surface area contributed by atoms with Gasteiger partial charge in [-0.1, -0.05) is 139 Å². The summed E-state index contributed by atoms with van der Waals surface area (Å²) in [6.45, 7) is 0. The number of fused-ring (bicyclic) bond motifs is 4. The van der Waals surface area contributed by atoms with Crippen molar-refractivity contribution in [3.63, 3.8) is 0 Å². The van der Waals surface area contributed by atoms with E-state index >= 15 is 0 Å². The third-order valence-electron chi connectivity index (χ3n) is 8.61. The fraction of sp³-hybridized carbons (Fsp3) is 0. The van der Waals surface area contributed by atoms with Crippen LogP contribution in [-0.4, -0.2) is 0 Å². The number of benzene rings is 8. The fourth-order valence-electron chi connectivity index (χ4n) is 6.36. The van der Waals surface area contributed by atoms with E-state index in [9.17, 15) is 11.0 Å². The Kier molecular flexibility index (Phi) is 5.26. The summed E-state index contributed by atoms with van der Waals surface area (Å²) in [7, 11) is 0. The summed E-state index contributed by atoms with van der Waals surface area (Å²) in [5, 5.41) is 3.83. The van der Waals surface area contributed by atoms with E-state index in [1.807, 2.05) is 84.9 Å². The lowest BCUT2D eigenvalue weighted by Gasteiger charge is -2.26. The van der Waals surface area contributed by atoms with Crippen molar-refractivity contribution < 1.29 is 11.0 Å². The first kappa shape index (κ1) is 21.0. The minimum absolute atomic E-state index is 0.125. The summed E-state index contributed by atoms with van der Waals surface area (Å²) in [5.41, 5.74) is 3.03. The minimum atomic E-state index is -0.380. The van der Waals surface area contributed by atoms with Gasteiger partial charge in [-0.3, -0.25) is 0 Å². The molecule has 48 heavy (non-hydrogen) atoms. The van der Waals surface area contributed by atoms with Gasteiger partial charge in [-0.2, -0.15) is 0 Å². The SMILES string of the molecule is [2H]c1c([2H])c(N(c2cccc(-c3cccc4sc5ccccc5c34)c2)c2c([2H])c([2H])c(-c3cccc4ccccc34)c([2H])c2[2H])c([2H])c([2H])c1-c1ccccc1. The summed E-state index contributed by atoms with van der Waals surface area (Å²) >= 11 is 1.70. The molecule has 1 heterocycles. The molecule has 0 saturated heterocycles. The van der Waals surface area contributed by atoms with E-state index in [2.05, 4.69) is 18.2 Å². The fourth-order valence-corrected chi connectivity index (χ4v) is 7.49. The van der Waals surface area contributed by atoms with E-state index < -0.39 is 0 Å².